The highest BCUT2D eigenvalue weighted by Crippen LogP contribution is 2.30. The third-order valence-electron chi connectivity index (χ3n) is 5.72. The van der Waals surface area contributed by atoms with Crippen molar-refractivity contribution in [3.05, 3.63) is 72.1 Å². The predicted molar refractivity (Wildman–Crippen MR) is 137 cm³/mol. The van der Waals surface area contributed by atoms with E-state index in [1.807, 2.05) is 6.07 Å². The summed E-state index contributed by atoms with van der Waals surface area (Å²) < 4.78 is 34.2. The van der Waals surface area contributed by atoms with Crippen molar-refractivity contribution in [1.29, 1.82) is 0 Å². The Morgan fingerprint density at radius 2 is 1.83 bits per heavy atom. The molecule has 0 amide bonds. The molecule has 0 saturated carbocycles. The average Bonchev–Trinajstić information content (AvgIpc) is 3.40. The second-order valence-electron chi connectivity index (χ2n) is 8.11. The molecule has 2 heterocycles. The number of thioether (sulfide) groups is 1. The Kier molecular flexibility index (Phi) is 8.34. The number of piperidine rings is 1. The van der Waals surface area contributed by atoms with Crippen LogP contribution in [-0.2, 0) is 10.0 Å². The molecule has 9 nitrogen and oxygen atoms in total. The van der Waals surface area contributed by atoms with Crippen molar-refractivity contribution >= 4 is 39.6 Å². The molecule has 188 valence electrons. The minimum atomic E-state index is -3.66. The number of benzene rings is 2. The van der Waals surface area contributed by atoms with Gasteiger partial charge in [-0.05, 0) is 36.6 Å². The van der Waals surface area contributed by atoms with Gasteiger partial charge < -0.3 is 4.74 Å². The number of Topliss-reactive ketones (excluding diaryl/α,β-unsaturated/α-hetero) is 1. The van der Waals surface area contributed by atoms with Crippen LogP contribution in [0.1, 0.15) is 40.0 Å². The van der Waals surface area contributed by atoms with Crippen LogP contribution in [0.3, 0.4) is 0 Å². The number of hydrogen-bond donors (Lipinski definition) is 0. The highest BCUT2D eigenvalue weighted by Gasteiger charge is 2.28. The van der Waals surface area contributed by atoms with Gasteiger partial charge in [-0.2, -0.15) is 4.31 Å². The van der Waals surface area contributed by atoms with Gasteiger partial charge in [0.05, 0.1) is 12.9 Å². The molecule has 0 N–H and O–H groups in total. The molecule has 1 saturated heterocycles. The Morgan fingerprint density at radius 3 is 2.56 bits per heavy atom. The van der Waals surface area contributed by atoms with Crippen LogP contribution in [-0.4, -0.2) is 65.1 Å². The zero-order chi connectivity index (χ0) is 25.5. The Morgan fingerprint density at radius 1 is 1.08 bits per heavy atom. The number of ketones is 1. The zero-order valence-corrected chi connectivity index (χ0v) is 21.4. The Bertz CT molecular complexity index is 1360. The van der Waals surface area contributed by atoms with Crippen molar-refractivity contribution in [2.75, 3.05) is 26.0 Å². The lowest BCUT2D eigenvalue weighted by Crippen LogP contribution is -2.35. The molecule has 1 aromatic heterocycles. The SMILES string of the molecule is COc1cc(/C=C/C(=O)n2cnnc2SCC(=O)c2ccccc2)ccc1S(=O)(=O)N1CCCCC1. The fourth-order valence-corrected chi connectivity index (χ4v) is 6.27. The van der Waals surface area contributed by atoms with Crippen LogP contribution >= 0.6 is 11.8 Å². The van der Waals surface area contributed by atoms with Gasteiger partial charge in [0.15, 0.2) is 10.9 Å². The third kappa shape index (κ3) is 5.92. The summed E-state index contributed by atoms with van der Waals surface area (Å²) in [4.78, 5) is 25.2. The molecule has 4 rings (SSSR count). The Hall–Kier alpha value is -3.28. The quantitative estimate of drug-likeness (QED) is 0.235. The maximum absolute atomic E-state index is 13.1. The van der Waals surface area contributed by atoms with Crippen molar-refractivity contribution in [1.82, 2.24) is 19.1 Å². The molecule has 0 radical (unpaired) electrons. The van der Waals surface area contributed by atoms with E-state index in [0.29, 0.717) is 29.4 Å². The van der Waals surface area contributed by atoms with Crippen LogP contribution in [0.5, 0.6) is 5.75 Å². The number of hydrogen-bond acceptors (Lipinski definition) is 8. The van der Waals surface area contributed by atoms with Gasteiger partial charge in [0, 0.05) is 24.7 Å². The van der Waals surface area contributed by atoms with Crippen LogP contribution in [0.4, 0.5) is 0 Å². The molecule has 0 atom stereocenters. The summed E-state index contributed by atoms with van der Waals surface area (Å²) in [6.07, 6.45) is 6.89. The van der Waals surface area contributed by atoms with Gasteiger partial charge in [0.25, 0.3) is 5.91 Å². The number of rotatable bonds is 9. The summed E-state index contributed by atoms with van der Waals surface area (Å²) in [6.45, 7) is 0.996. The monoisotopic (exact) mass is 526 g/mol. The smallest absolute Gasteiger partial charge is 0.258 e. The molecule has 1 aliphatic rings. The third-order valence-corrected chi connectivity index (χ3v) is 8.60. The van der Waals surface area contributed by atoms with E-state index in [0.717, 1.165) is 31.0 Å². The summed E-state index contributed by atoms with van der Waals surface area (Å²) in [5.41, 5.74) is 1.18. The summed E-state index contributed by atoms with van der Waals surface area (Å²) in [5, 5.41) is 8.04. The van der Waals surface area contributed by atoms with Crippen molar-refractivity contribution in [2.24, 2.45) is 0 Å². The van der Waals surface area contributed by atoms with Crippen molar-refractivity contribution in [2.45, 2.75) is 29.3 Å². The van der Waals surface area contributed by atoms with E-state index in [1.165, 1.54) is 34.5 Å². The van der Waals surface area contributed by atoms with Gasteiger partial charge in [0.2, 0.25) is 10.0 Å². The molecular formula is C25H26N4O5S2. The predicted octanol–water partition coefficient (Wildman–Crippen LogP) is 3.79. The molecule has 0 aliphatic carbocycles. The molecule has 1 aliphatic heterocycles. The summed E-state index contributed by atoms with van der Waals surface area (Å²) in [5.74, 6) is -0.150. The molecular weight excluding hydrogens is 500 g/mol. The molecule has 0 spiro atoms. The van der Waals surface area contributed by atoms with E-state index in [1.54, 1.807) is 42.5 Å². The first kappa shape index (κ1) is 25.8. The fraction of sp³-hybridized carbons (Fsp3) is 0.280. The maximum Gasteiger partial charge on any atom is 0.258 e. The number of methoxy groups -OCH3 is 1. The van der Waals surface area contributed by atoms with E-state index in [9.17, 15) is 18.0 Å². The molecule has 11 heteroatoms. The Labute approximate surface area is 214 Å². The number of allylic oxidation sites excluding steroid dienone is 1. The summed E-state index contributed by atoms with van der Waals surface area (Å²) in [7, 11) is -2.24. The normalized spacial score (nSPS) is 14.7. The second kappa shape index (κ2) is 11.6. The number of nitrogens with zero attached hydrogens (tertiary/aromatic N) is 4. The van der Waals surface area contributed by atoms with Crippen molar-refractivity contribution in [3.8, 4) is 5.75 Å². The molecule has 0 unspecified atom stereocenters. The summed E-state index contributed by atoms with van der Waals surface area (Å²) in [6, 6.07) is 13.6. The lowest BCUT2D eigenvalue weighted by atomic mass is 10.2. The Balaban J connectivity index is 1.45. The summed E-state index contributed by atoms with van der Waals surface area (Å²) >= 11 is 1.12. The lowest BCUT2D eigenvalue weighted by molar-refractivity contribution is 0.0957. The second-order valence-corrected chi connectivity index (χ2v) is 11.0. The van der Waals surface area contributed by atoms with E-state index in [4.69, 9.17) is 4.74 Å². The zero-order valence-electron chi connectivity index (χ0n) is 19.7. The van der Waals surface area contributed by atoms with Gasteiger partial charge in [-0.15, -0.1) is 10.2 Å². The molecule has 36 heavy (non-hydrogen) atoms. The highest BCUT2D eigenvalue weighted by atomic mass is 32.2. The highest BCUT2D eigenvalue weighted by molar-refractivity contribution is 7.99. The van der Waals surface area contributed by atoms with Gasteiger partial charge in [-0.1, -0.05) is 54.6 Å². The number of sulfonamides is 1. The van der Waals surface area contributed by atoms with Crippen molar-refractivity contribution in [3.63, 3.8) is 0 Å². The minimum absolute atomic E-state index is 0.0789. The van der Waals surface area contributed by atoms with Crippen LogP contribution in [0.2, 0.25) is 0 Å². The maximum atomic E-state index is 13.1. The first-order valence-corrected chi connectivity index (χ1v) is 13.8. The molecule has 0 bridgehead atoms. The lowest BCUT2D eigenvalue weighted by Gasteiger charge is -2.26. The molecule has 1 fully saturated rings. The number of carbonyl (C=O) groups excluding carboxylic acids is 2. The number of aromatic nitrogens is 3. The van der Waals surface area contributed by atoms with Crippen LogP contribution < -0.4 is 4.74 Å². The van der Waals surface area contributed by atoms with Gasteiger partial charge in [0.1, 0.15) is 17.0 Å². The van der Waals surface area contributed by atoms with Crippen LogP contribution in [0, 0.1) is 0 Å². The van der Waals surface area contributed by atoms with Gasteiger partial charge in [-0.3, -0.25) is 9.59 Å². The van der Waals surface area contributed by atoms with E-state index in [-0.39, 0.29) is 22.2 Å². The van der Waals surface area contributed by atoms with Crippen LogP contribution in [0.25, 0.3) is 6.08 Å². The van der Waals surface area contributed by atoms with Crippen LogP contribution in [0.15, 0.2) is 71.0 Å². The van der Waals surface area contributed by atoms with E-state index < -0.39 is 15.9 Å². The number of carbonyl (C=O) groups is 2. The molecule has 3 aromatic rings. The number of ether oxygens (including phenoxy) is 1. The van der Waals surface area contributed by atoms with Gasteiger partial charge >= 0.3 is 0 Å². The largest absolute Gasteiger partial charge is 0.495 e. The molecule has 2 aromatic carbocycles. The minimum Gasteiger partial charge on any atom is -0.495 e. The van der Waals surface area contributed by atoms with Crippen molar-refractivity contribution < 1.29 is 22.7 Å². The standard InChI is InChI=1S/C25H26N4O5S2/c1-34-22-16-19(10-12-23(22)36(32,33)28-14-6-3-7-15-28)11-13-24(31)29-18-26-27-25(29)35-17-21(30)20-8-4-2-5-9-20/h2,4-5,8-13,16,18H,3,6-7,14-15,17H2,1H3/b13-11+. The van der Waals surface area contributed by atoms with E-state index >= 15 is 0 Å². The van der Waals surface area contributed by atoms with Gasteiger partial charge in [-0.25, -0.2) is 13.0 Å². The first-order chi connectivity index (χ1) is 17.4. The van der Waals surface area contributed by atoms with E-state index in [2.05, 4.69) is 10.2 Å². The fourth-order valence-electron chi connectivity index (χ4n) is 3.80. The first-order valence-electron chi connectivity index (χ1n) is 11.4. The topological polar surface area (TPSA) is 111 Å². The average molecular weight is 527 g/mol.